The van der Waals surface area contributed by atoms with Gasteiger partial charge in [0.15, 0.2) is 5.82 Å². The summed E-state index contributed by atoms with van der Waals surface area (Å²) in [6.45, 7) is 5.91. The SMILES string of the molecule is Cc1ccc2cc(-c3cccc(-c4nc(C)nc(C)n4)c3)ccc2c1. The van der Waals surface area contributed by atoms with Crippen LogP contribution in [0.5, 0.6) is 0 Å². The number of fused-ring (bicyclic) bond motifs is 1. The molecule has 3 nitrogen and oxygen atoms in total. The van der Waals surface area contributed by atoms with E-state index in [1.165, 1.54) is 21.9 Å². The lowest BCUT2D eigenvalue weighted by atomic mass is 9.99. The third-order valence-electron chi connectivity index (χ3n) is 4.31. The molecule has 4 rings (SSSR count). The summed E-state index contributed by atoms with van der Waals surface area (Å²) in [4.78, 5) is 13.2. The molecule has 25 heavy (non-hydrogen) atoms. The van der Waals surface area contributed by atoms with Crippen molar-refractivity contribution in [2.24, 2.45) is 0 Å². The quantitative estimate of drug-likeness (QED) is 0.503. The van der Waals surface area contributed by atoms with Crippen LogP contribution in [0.25, 0.3) is 33.3 Å². The molecule has 0 N–H and O–H groups in total. The Balaban J connectivity index is 1.80. The first kappa shape index (κ1) is 15.5. The Morgan fingerprint density at radius 3 is 2.00 bits per heavy atom. The molecule has 122 valence electrons. The largest absolute Gasteiger partial charge is 0.219 e. The van der Waals surface area contributed by atoms with Crippen LogP contribution < -0.4 is 0 Å². The number of aromatic nitrogens is 3. The summed E-state index contributed by atoms with van der Waals surface area (Å²) in [6, 6.07) is 21.5. The summed E-state index contributed by atoms with van der Waals surface area (Å²) in [5.74, 6) is 2.21. The van der Waals surface area contributed by atoms with Crippen LogP contribution in [0.1, 0.15) is 17.2 Å². The molecule has 3 heteroatoms. The number of benzene rings is 3. The monoisotopic (exact) mass is 325 g/mol. The molecule has 0 unspecified atom stereocenters. The minimum absolute atomic E-state index is 0.725. The lowest BCUT2D eigenvalue weighted by Gasteiger charge is -2.08. The molecule has 0 saturated carbocycles. The molecule has 0 atom stereocenters. The van der Waals surface area contributed by atoms with Crippen molar-refractivity contribution in [2.45, 2.75) is 20.8 Å². The zero-order valence-electron chi connectivity index (χ0n) is 14.6. The molecule has 1 heterocycles. The lowest BCUT2D eigenvalue weighted by molar-refractivity contribution is 0.928. The van der Waals surface area contributed by atoms with Crippen LogP contribution in [0.4, 0.5) is 0 Å². The van der Waals surface area contributed by atoms with E-state index in [2.05, 4.69) is 76.5 Å². The number of nitrogens with zero attached hydrogens (tertiary/aromatic N) is 3. The highest BCUT2D eigenvalue weighted by molar-refractivity contribution is 5.88. The van der Waals surface area contributed by atoms with Crippen molar-refractivity contribution in [2.75, 3.05) is 0 Å². The van der Waals surface area contributed by atoms with E-state index in [9.17, 15) is 0 Å². The van der Waals surface area contributed by atoms with Gasteiger partial charge < -0.3 is 0 Å². The fraction of sp³-hybridized carbons (Fsp3) is 0.136. The zero-order valence-corrected chi connectivity index (χ0v) is 14.6. The van der Waals surface area contributed by atoms with Gasteiger partial charge in [0.25, 0.3) is 0 Å². The third-order valence-corrected chi connectivity index (χ3v) is 4.31. The van der Waals surface area contributed by atoms with E-state index in [-0.39, 0.29) is 0 Å². The predicted octanol–water partition coefficient (Wildman–Crippen LogP) is 5.28. The summed E-state index contributed by atoms with van der Waals surface area (Å²) in [5, 5.41) is 2.52. The fourth-order valence-corrected chi connectivity index (χ4v) is 3.13. The average Bonchev–Trinajstić information content (AvgIpc) is 2.60. The lowest BCUT2D eigenvalue weighted by Crippen LogP contribution is -1.98. The highest BCUT2D eigenvalue weighted by Gasteiger charge is 2.07. The summed E-state index contributed by atoms with van der Waals surface area (Å²) in [7, 11) is 0. The standard InChI is InChI=1S/C22H19N3/c1-14-7-8-19-12-20(10-9-18(19)11-14)17-5-4-6-21(13-17)22-24-15(2)23-16(3)25-22/h4-13H,1-3H3. The maximum absolute atomic E-state index is 4.48. The van der Waals surface area contributed by atoms with E-state index in [4.69, 9.17) is 0 Å². The molecule has 3 aromatic carbocycles. The molecule has 0 aliphatic rings. The van der Waals surface area contributed by atoms with Gasteiger partial charge >= 0.3 is 0 Å². The van der Waals surface area contributed by atoms with E-state index < -0.39 is 0 Å². The molecule has 0 amide bonds. The van der Waals surface area contributed by atoms with Crippen molar-refractivity contribution in [3.8, 4) is 22.5 Å². The van der Waals surface area contributed by atoms with Crippen molar-refractivity contribution in [1.29, 1.82) is 0 Å². The van der Waals surface area contributed by atoms with Gasteiger partial charge in [0.1, 0.15) is 11.6 Å². The zero-order chi connectivity index (χ0) is 17.4. The molecule has 0 saturated heterocycles. The molecule has 0 bridgehead atoms. The molecule has 1 aromatic heterocycles. The predicted molar refractivity (Wildman–Crippen MR) is 102 cm³/mol. The van der Waals surface area contributed by atoms with Gasteiger partial charge in [-0.1, -0.05) is 54.1 Å². The van der Waals surface area contributed by atoms with Crippen molar-refractivity contribution in [1.82, 2.24) is 15.0 Å². The highest BCUT2D eigenvalue weighted by Crippen LogP contribution is 2.28. The molecule has 0 aliphatic heterocycles. The fourth-order valence-electron chi connectivity index (χ4n) is 3.13. The van der Waals surface area contributed by atoms with Crippen LogP contribution in [0.2, 0.25) is 0 Å². The Hall–Kier alpha value is -3.07. The topological polar surface area (TPSA) is 38.7 Å². The van der Waals surface area contributed by atoms with Gasteiger partial charge in [-0.25, -0.2) is 15.0 Å². The normalized spacial score (nSPS) is 11.0. The minimum Gasteiger partial charge on any atom is -0.219 e. The van der Waals surface area contributed by atoms with Gasteiger partial charge in [0.2, 0.25) is 0 Å². The molecule has 0 aliphatic carbocycles. The Bertz CT molecular complexity index is 1060. The second-order valence-corrected chi connectivity index (χ2v) is 6.40. The van der Waals surface area contributed by atoms with Gasteiger partial charge in [-0.15, -0.1) is 0 Å². The summed E-state index contributed by atoms with van der Waals surface area (Å²) in [6.07, 6.45) is 0. The molecule has 0 fully saturated rings. The van der Waals surface area contributed by atoms with Gasteiger partial charge in [-0.05, 0) is 54.8 Å². The number of rotatable bonds is 2. The smallest absolute Gasteiger partial charge is 0.163 e. The molecule has 4 aromatic rings. The average molecular weight is 325 g/mol. The van der Waals surface area contributed by atoms with Gasteiger partial charge in [0.05, 0.1) is 0 Å². The first-order chi connectivity index (χ1) is 12.1. The van der Waals surface area contributed by atoms with Crippen molar-refractivity contribution >= 4 is 10.8 Å². The number of aryl methyl sites for hydroxylation is 3. The minimum atomic E-state index is 0.725. The number of hydrogen-bond acceptors (Lipinski definition) is 3. The van der Waals surface area contributed by atoms with Gasteiger partial charge in [-0.3, -0.25) is 0 Å². The van der Waals surface area contributed by atoms with Crippen molar-refractivity contribution in [3.05, 3.63) is 77.9 Å². The van der Waals surface area contributed by atoms with Crippen LogP contribution in [0.3, 0.4) is 0 Å². The highest BCUT2D eigenvalue weighted by atomic mass is 15.0. The van der Waals surface area contributed by atoms with E-state index in [1.807, 2.05) is 19.9 Å². The number of hydrogen-bond donors (Lipinski definition) is 0. The van der Waals surface area contributed by atoms with E-state index in [0.717, 1.165) is 28.6 Å². The van der Waals surface area contributed by atoms with E-state index >= 15 is 0 Å². The maximum Gasteiger partial charge on any atom is 0.163 e. The van der Waals surface area contributed by atoms with Crippen LogP contribution in [-0.4, -0.2) is 15.0 Å². The van der Waals surface area contributed by atoms with Crippen LogP contribution >= 0.6 is 0 Å². The summed E-state index contributed by atoms with van der Waals surface area (Å²) >= 11 is 0. The van der Waals surface area contributed by atoms with E-state index in [1.54, 1.807) is 0 Å². The molecular weight excluding hydrogens is 306 g/mol. The Labute approximate surface area is 147 Å². The Morgan fingerprint density at radius 1 is 0.560 bits per heavy atom. The second kappa shape index (κ2) is 6.10. The maximum atomic E-state index is 4.48. The van der Waals surface area contributed by atoms with E-state index in [0.29, 0.717) is 0 Å². The van der Waals surface area contributed by atoms with Crippen molar-refractivity contribution in [3.63, 3.8) is 0 Å². The third kappa shape index (κ3) is 3.13. The first-order valence-corrected chi connectivity index (χ1v) is 8.39. The van der Waals surface area contributed by atoms with Gasteiger partial charge in [-0.2, -0.15) is 0 Å². The summed E-state index contributed by atoms with van der Waals surface area (Å²) in [5.41, 5.74) is 4.65. The van der Waals surface area contributed by atoms with Gasteiger partial charge in [0, 0.05) is 5.56 Å². The van der Waals surface area contributed by atoms with Crippen LogP contribution in [0.15, 0.2) is 60.7 Å². The van der Waals surface area contributed by atoms with Crippen molar-refractivity contribution < 1.29 is 0 Å². The summed E-state index contributed by atoms with van der Waals surface area (Å²) < 4.78 is 0. The Morgan fingerprint density at radius 2 is 1.20 bits per heavy atom. The molecule has 0 radical (unpaired) electrons. The first-order valence-electron chi connectivity index (χ1n) is 8.39. The second-order valence-electron chi connectivity index (χ2n) is 6.40. The molecular formula is C22H19N3. The molecule has 0 spiro atoms. The van der Waals surface area contributed by atoms with Crippen LogP contribution in [0, 0.1) is 20.8 Å². The van der Waals surface area contributed by atoms with Crippen LogP contribution in [-0.2, 0) is 0 Å². The Kier molecular flexibility index (Phi) is 3.77.